The number of pyridine rings is 1. The molecule has 0 radical (unpaired) electrons. The summed E-state index contributed by atoms with van der Waals surface area (Å²) in [7, 11) is 1.64. The highest BCUT2D eigenvalue weighted by molar-refractivity contribution is 5.67. The van der Waals surface area contributed by atoms with Crippen LogP contribution in [0.15, 0.2) is 12.1 Å². The summed E-state index contributed by atoms with van der Waals surface area (Å²) in [5, 5.41) is 8.92. The molecule has 104 valence electrons. The van der Waals surface area contributed by atoms with E-state index in [0.717, 1.165) is 36.5 Å². The number of hydrogen-bond donors (Lipinski definition) is 1. The molecule has 2 heterocycles. The second-order valence-electron chi connectivity index (χ2n) is 5.00. The zero-order chi connectivity index (χ0) is 13.8. The second-order valence-corrected chi connectivity index (χ2v) is 5.00. The van der Waals surface area contributed by atoms with E-state index in [9.17, 15) is 4.79 Å². The van der Waals surface area contributed by atoms with Gasteiger partial charge < -0.3 is 9.84 Å². The smallest absolute Gasteiger partial charge is 0.304 e. The Bertz CT molecular complexity index is 462. The Morgan fingerprint density at radius 3 is 3.05 bits per heavy atom. The number of carboxylic acid groups (broad SMARTS) is 1. The summed E-state index contributed by atoms with van der Waals surface area (Å²) in [5.41, 5.74) is 1.86. The molecule has 5 nitrogen and oxygen atoms in total. The molecule has 0 saturated carbocycles. The van der Waals surface area contributed by atoms with Crippen LogP contribution in [0.1, 0.15) is 30.7 Å². The molecule has 1 aromatic rings. The SMILES string of the molecule is COc1cc(C)nc(CN2CCCC2CC(=O)O)c1. The maximum atomic E-state index is 10.8. The van der Waals surface area contributed by atoms with Gasteiger partial charge in [-0.3, -0.25) is 14.7 Å². The number of carboxylic acids is 1. The Morgan fingerprint density at radius 2 is 2.37 bits per heavy atom. The first-order chi connectivity index (χ1) is 9.08. The first-order valence-corrected chi connectivity index (χ1v) is 6.56. The third-order valence-electron chi connectivity index (χ3n) is 3.49. The summed E-state index contributed by atoms with van der Waals surface area (Å²) < 4.78 is 5.24. The average Bonchev–Trinajstić information content (AvgIpc) is 2.75. The number of carbonyl (C=O) groups is 1. The van der Waals surface area contributed by atoms with Crippen molar-refractivity contribution >= 4 is 5.97 Å². The van der Waals surface area contributed by atoms with Gasteiger partial charge in [0.15, 0.2) is 0 Å². The van der Waals surface area contributed by atoms with Crippen molar-refractivity contribution in [3.63, 3.8) is 0 Å². The Balaban J connectivity index is 2.07. The number of hydrogen-bond acceptors (Lipinski definition) is 4. The molecule has 1 aliphatic rings. The first-order valence-electron chi connectivity index (χ1n) is 6.56. The Hall–Kier alpha value is -1.62. The van der Waals surface area contributed by atoms with Crippen molar-refractivity contribution in [1.29, 1.82) is 0 Å². The number of nitrogens with zero attached hydrogens (tertiary/aromatic N) is 2. The lowest BCUT2D eigenvalue weighted by Gasteiger charge is -2.23. The number of rotatable bonds is 5. The van der Waals surface area contributed by atoms with Gasteiger partial charge >= 0.3 is 5.97 Å². The van der Waals surface area contributed by atoms with Crippen LogP contribution in [-0.4, -0.2) is 40.7 Å². The molecule has 2 rings (SSSR count). The van der Waals surface area contributed by atoms with E-state index in [1.54, 1.807) is 7.11 Å². The van der Waals surface area contributed by atoms with Crippen LogP contribution in [0.5, 0.6) is 5.75 Å². The van der Waals surface area contributed by atoms with Gasteiger partial charge in [0.1, 0.15) is 5.75 Å². The van der Waals surface area contributed by atoms with Crippen molar-refractivity contribution < 1.29 is 14.6 Å². The number of aliphatic carboxylic acids is 1. The number of likely N-dealkylation sites (tertiary alicyclic amines) is 1. The van der Waals surface area contributed by atoms with Gasteiger partial charge in [-0.2, -0.15) is 0 Å². The van der Waals surface area contributed by atoms with Crippen molar-refractivity contribution in [3.05, 3.63) is 23.5 Å². The minimum atomic E-state index is -0.730. The molecule has 1 N–H and O–H groups in total. The molecule has 0 aliphatic carbocycles. The quantitative estimate of drug-likeness (QED) is 0.879. The molecule has 0 aromatic carbocycles. The summed E-state index contributed by atoms with van der Waals surface area (Å²) in [4.78, 5) is 17.5. The highest BCUT2D eigenvalue weighted by Crippen LogP contribution is 2.23. The molecule has 0 spiro atoms. The lowest BCUT2D eigenvalue weighted by atomic mass is 10.1. The first kappa shape index (κ1) is 13.8. The number of aromatic nitrogens is 1. The normalized spacial score (nSPS) is 19.6. The summed E-state index contributed by atoms with van der Waals surface area (Å²) in [6.45, 7) is 3.57. The Morgan fingerprint density at radius 1 is 1.58 bits per heavy atom. The van der Waals surface area contributed by atoms with E-state index >= 15 is 0 Å². The third-order valence-corrected chi connectivity index (χ3v) is 3.49. The number of ether oxygens (including phenoxy) is 1. The summed E-state index contributed by atoms with van der Waals surface area (Å²) in [6.07, 6.45) is 2.22. The van der Waals surface area contributed by atoms with Gasteiger partial charge in [0, 0.05) is 30.4 Å². The topological polar surface area (TPSA) is 62.7 Å². The monoisotopic (exact) mass is 264 g/mol. The van der Waals surface area contributed by atoms with E-state index in [-0.39, 0.29) is 12.5 Å². The van der Waals surface area contributed by atoms with Gasteiger partial charge in [-0.25, -0.2) is 0 Å². The molecule has 1 unspecified atom stereocenters. The van der Waals surface area contributed by atoms with Crippen molar-refractivity contribution in [2.45, 2.75) is 38.8 Å². The average molecular weight is 264 g/mol. The van der Waals surface area contributed by atoms with Crippen LogP contribution in [-0.2, 0) is 11.3 Å². The van der Waals surface area contributed by atoms with Crippen LogP contribution < -0.4 is 4.74 Å². The minimum Gasteiger partial charge on any atom is -0.497 e. The Kier molecular flexibility index (Phi) is 4.37. The van der Waals surface area contributed by atoms with Gasteiger partial charge in [0.2, 0.25) is 0 Å². The maximum Gasteiger partial charge on any atom is 0.304 e. The zero-order valence-corrected chi connectivity index (χ0v) is 11.4. The maximum absolute atomic E-state index is 10.8. The number of methoxy groups -OCH3 is 1. The van der Waals surface area contributed by atoms with Crippen LogP contribution >= 0.6 is 0 Å². The van der Waals surface area contributed by atoms with Crippen molar-refractivity contribution in [2.24, 2.45) is 0 Å². The molecule has 1 fully saturated rings. The van der Waals surface area contributed by atoms with Gasteiger partial charge in [0.25, 0.3) is 0 Å². The molecule has 1 aromatic heterocycles. The summed E-state index contributed by atoms with van der Waals surface area (Å²) in [5.74, 6) is 0.0724. The highest BCUT2D eigenvalue weighted by Gasteiger charge is 2.26. The van der Waals surface area contributed by atoms with E-state index in [0.29, 0.717) is 6.54 Å². The van der Waals surface area contributed by atoms with E-state index in [1.165, 1.54) is 0 Å². The molecule has 19 heavy (non-hydrogen) atoms. The molecule has 0 bridgehead atoms. The van der Waals surface area contributed by atoms with Crippen molar-refractivity contribution in [2.75, 3.05) is 13.7 Å². The highest BCUT2D eigenvalue weighted by atomic mass is 16.5. The molecular weight excluding hydrogens is 244 g/mol. The van der Waals surface area contributed by atoms with Gasteiger partial charge in [-0.05, 0) is 26.3 Å². The van der Waals surface area contributed by atoms with Crippen LogP contribution in [0.3, 0.4) is 0 Å². The van der Waals surface area contributed by atoms with Gasteiger partial charge in [0.05, 0.1) is 19.2 Å². The predicted octanol–water partition coefficient (Wildman–Crippen LogP) is 1.84. The molecule has 1 aliphatic heterocycles. The molecule has 0 amide bonds. The standard InChI is InChI=1S/C14H20N2O3/c1-10-6-13(19-2)7-11(15-10)9-16-5-3-4-12(16)8-14(17)18/h6-7,12H,3-5,8-9H2,1-2H3,(H,17,18). The summed E-state index contributed by atoms with van der Waals surface area (Å²) in [6, 6.07) is 3.94. The van der Waals surface area contributed by atoms with Crippen LogP contribution in [0.25, 0.3) is 0 Å². The van der Waals surface area contributed by atoms with E-state index < -0.39 is 5.97 Å². The van der Waals surface area contributed by atoms with E-state index in [1.807, 2.05) is 19.1 Å². The molecule has 1 atom stereocenters. The molecular formula is C14H20N2O3. The fraction of sp³-hybridized carbons (Fsp3) is 0.571. The van der Waals surface area contributed by atoms with E-state index in [4.69, 9.17) is 9.84 Å². The van der Waals surface area contributed by atoms with Crippen LogP contribution in [0.2, 0.25) is 0 Å². The van der Waals surface area contributed by atoms with Crippen molar-refractivity contribution in [1.82, 2.24) is 9.88 Å². The predicted molar refractivity (Wildman–Crippen MR) is 71.2 cm³/mol. The molecule has 5 heteroatoms. The van der Waals surface area contributed by atoms with Gasteiger partial charge in [-0.1, -0.05) is 0 Å². The third kappa shape index (κ3) is 3.67. The lowest BCUT2D eigenvalue weighted by molar-refractivity contribution is -0.138. The fourth-order valence-electron chi connectivity index (χ4n) is 2.65. The van der Waals surface area contributed by atoms with Crippen molar-refractivity contribution in [3.8, 4) is 5.75 Å². The van der Waals surface area contributed by atoms with Crippen LogP contribution in [0, 0.1) is 6.92 Å². The Labute approximate surface area is 113 Å². The molecule has 1 saturated heterocycles. The second kappa shape index (κ2) is 6.02. The lowest BCUT2D eigenvalue weighted by Crippen LogP contribution is -2.31. The fourth-order valence-corrected chi connectivity index (χ4v) is 2.65. The zero-order valence-electron chi connectivity index (χ0n) is 11.4. The van der Waals surface area contributed by atoms with Crippen LogP contribution in [0.4, 0.5) is 0 Å². The summed E-state index contributed by atoms with van der Waals surface area (Å²) >= 11 is 0. The largest absolute Gasteiger partial charge is 0.497 e. The van der Waals surface area contributed by atoms with Gasteiger partial charge in [-0.15, -0.1) is 0 Å². The minimum absolute atomic E-state index is 0.130. The number of aryl methyl sites for hydroxylation is 1. The van der Waals surface area contributed by atoms with E-state index in [2.05, 4.69) is 9.88 Å².